The molecule has 4 heteroatoms. The molecule has 1 heterocycles. The van der Waals surface area contributed by atoms with Crippen molar-refractivity contribution < 1.29 is 14.0 Å². The Morgan fingerprint density at radius 1 is 1.21 bits per heavy atom. The first-order valence-corrected chi connectivity index (χ1v) is 6.45. The van der Waals surface area contributed by atoms with Crippen molar-refractivity contribution >= 4 is 17.4 Å². The summed E-state index contributed by atoms with van der Waals surface area (Å²) in [6.45, 7) is 6.90. The Bertz CT molecular complexity index is 531. The second-order valence-electron chi connectivity index (χ2n) is 6.11. The van der Waals surface area contributed by atoms with Crippen LogP contribution in [0, 0.1) is 11.2 Å². The van der Waals surface area contributed by atoms with Gasteiger partial charge in [-0.05, 0) is 36.5 Å². The van der Waals surface area contributed by atoms with E-state index in [0.717, 1.165) is 18.9 Å². The Labute approximate surface area is 112 Å². The van der Waals surface area contributed by atoms with Crippen LogP contribution in [-0.4, -0.2) is 18.2 Å². The number of benzene rings is 1. The number of carbonyl (C=O) groups is 2. The second kappa shape index (κ2) is 4.76. The van der Waals surface area contributed by atoms with Gasteiger partial charge in [0.25, 0.3) is 11.7 Å². The zero-order valence-corrected chi connectivity index (χ0v) is 11.5. The van der Waals surface area contributed by atoms with Gasteiger partial charge in [-0.25, -0.2) is 4.39 Å². The third kappa shape index (κ3) is 2.83. The lowest BCUT2D eigenvalue weighted by Gasteiger charge is -2.21. The molecule has 0 spiro atoms. The fraction of sp³-hybridized carbons (Fsp3) is 0.467. The van der Waals surface area contributed by atoms with Crippen molar-refractivity contribution in [3.8, 4) is 0 Å². The number of amides is 1. The van der Waals surface area contributed by atoms with Crippen LogP contribution in [0.15, 0.2) is 18.2 Å². The summed E-state index contributed by atoms with van der Waals surface area (Å²) in [7, 11) is 0. The smallest absolute Gasteiger partial charge is 0.299 e. The zero-order chi connectivity index (χ0) is 14.2. The molecule has 1 aliphatic heterocycles. The number of hydrogen-bond donors (Lipinski definition) is 0. The van der Waals surface area contributed by atoms with Crippen LogP contribution in [0.25, 0.3) is 0 Å². The van der Waals surface area contributed by atoms with Crippen LogP contribution < -0.4 is 4.90 Å². The Hall–Kier alpha value is -1.71. The van der Waals surface area contributed by atoms with Crippen LogP contribution in [0.4, 0.5) is 10.1 Å². The standard InChI is InChI=1S/C15H18FNO2/c1-15(2,3)7-4-8-17-12-6-5-10(16)9-11(12)13(18)14(17)19/h5-6,9H,4,7-8H2,1-3H3. The van der Waals surface area contributed by atoms with Gasteiger partial charge in [-0.15, -0.1) is 0 Å². The molecule has 1 aromatic carbocycles. The van der Waals surface area contributed by atoms with Crippen molar-refractivity contribution in [2.24, 2.45) is 5.41 Å². The van der Waals surface area contributed by atoms with Crippen LogP contribution in [0.2, 0.25) is 0 Å². The van der Waals surface area contributed by atoms with Gasteiger partial charge in [0.2, 0.25) is 0 Å². The number of halogens is 1. The minimum absolute atomic E-state index is 0.181. The molecule has 0 saturated heterocycles. The SMILES string of the molecule is CC(C)(C)CCCN1C(=O)C(=O)c2cc(F)ccc21. The number of hydrogen-bond acceptors (Lipinski definition) is 2. The Morgan fingerprint density at radius 3 is 2.53 bits per heavy atom. The summed E-state index contributed by atoms with van der Waals surface area (Å²) in [6.07, 6.45) is 1.78. The van der Waals surface area contributed by atoms with Gasteiger partial charge in [-0.1, -0.05) is 20.8 Å². The topological polar surface area (TPSA) is 37.4 Å². The maximum absolute atomic E-state index is 13.1. The van der Waals surface area contributed by atoms with Gasteiger partial charge in [0.05, 0.1) is 11.3 Å². The molecule has 0 aliphatic carbocycles. The lowest BCUT2D eigenvalue weighted by Crippen LogP contribution is -2.31. The van der Waals surface area contributed by atoms with Gasteiger partial charge < -0.3 is 4.90 Å². The first-order chi connectivity index (χ1) is 8.79. The van der Waals surface area contributed by atoms with E-state index < -0.39 is 17.5 Å². The molecule has 1 aromatic rings. The molecule has 1 amide bonds. The van der Waals surface area contributed by atoms with Crippen molar-refractivity contribution in [3.05, 3.63) is 29.6 Å². The summed E-state index contributed by atoms with van der Waals surface area (Å²) in [5.41, 5.74) is 0.907. The molecule has 2 rings (SSSR count). The number of ketones is 1. The van der Waals surface area contributed by atoms with E-state index in [1.165, 1.54) is 17.0 Å². The lowest BCUT2D eigenvalue weighted by atomic mass is 9.90. The van der Waals surface area contributed by atoms with Crippen LogP contribution in [0.5, 0.6) is 0 Å². The fourth-order valence-electron chi connectivity index (χ4n) is 2.26. The number of nitrogens with zero attached hydrogens (tertiary/aromatic N) is 1. The molecule has 0 fully saturated rings. The Kier molecular flexibility index (Phi) is 3.43. The van der Waals surface area contributed by atoms with E-state index in [0.29, 0.717) is 12.2 Å². The summed E-state index contributed by atoms with van der Waals surface area (Å²) >= 11 is 0. The highest BCUT2D eigenvalue weighted by Gasteiger charge is 2.35. The molecule has 0 bridgehead atoms. The molecule has 0 unspecified atom stereocenters. The predicted octanol–water partition coefficient (Wildman–Crippen LogP) is 3.18. The molecule has 0 atom stereocenters. The van der Waals surface area contributed by atoms with Gasteiger partial charge in [0, 0.05) is 6.54 Å². The molecular formula is C15H18FNO2. The first kappa shape index (κ1) is 13.7. The van der Waals surface area contributed by atoms with E-state index in [1.807, 2.05) is 0 Å². The summed E-state index contributed by atoms with van der Waals surface area (Å²) in [4.78, 5) is 25.1. The molecule has 102 valence electrons. The number of fused-ring (bicyclic) bond motifs is 1. The van der Waals surface area contributed by atoms with Crippen molar-refractivity contribution in [3.63, 3.8) is 0 Å². The van der Waals surface area contributed by atoms with Crippen molar-refractivity contribution in [1.29, 1.82) is 0 Å². The summed E-state index contributed by atoms with van der Waals surface area (Å²) in [5.74, 6) is -1.64. The average molecular weight is 263 g/mol. The van der Waals surface area contributed by atoms with E-state index in [4.69, 9.17) is 0 Å². The fourth-order valence-corrected chi connectivity index (χ4v) is 2.26. The summed E-state index contributed by atoms with van der Waals surface area (Å²) < 4.78 is 13.1. The summed E-state index contributed by atoms with van der Waals surface area (Å²) in [5, 5.41) is 0. The number of carbonyl (C=O) groups excluding carboxylic acids is 2. The quantitative estimate of drug-likeness (QED) is 0.785. The van der Waals surface area contributed by atoms with Crippen LogP contribution in [-0.2, 0) is 4.79 Å². The van der Waals surface area contributed by atoms with Crippen molar-refractivity contribution in [2.75, 3.05) is 11.4 Å². The molecule has 0 aromatic heterocycles. The van der Waals surface area contributed by atoms with E-state index >= 15 is 0 Å². The molecular weight excluding hydrogens is 245 g/mol. The number of Topliss-reactive ketones (excluding diaryl/α,β-unsaturated/α-hetero) is 1. The summed E-state index contributed by atoms with van der Waals surface area (Å²) in [6, 6.07) is 3.92. The maximum atomic E-state index is 13.1. The Morgan fingerprint density at radius 2 is 1.89 bits per heavy atom. The van der Waals surface area contributed by atoms with Crippen LogP contribution in [0.1, 0.15) is 44.0 Å². The third-order valence-corrected chi connectivity index (χ3v) is 3.24. The largest absolute Gasteiger partial charge is 0.305 e. The number of anilines is 1. The van der Waals surface area contributed by atoms with Crippen LogP contribution in [0.3, 0.4) is 0 Å². The zero-order valence-electron chi connectivity index (χ0n) is 11.5. The molecule has 0 radical (unpaired) electrons. The average Bonchev–Trinajstić information content (AvgIpc) is 2.53. The highest BCUT2D eigenvalue weighted by Crippen LogP contribution is 2.30. The third-order valence-electron chi connectivity index (χ3n) is 3.24. The molecule has 3 nitrogen and oxygen atoms in total. The van der Waals surface area contributed by atoms with E-state index in [-0.39, 0.29) is 11.0 Å². The van der Waals surface area contributed by atoms with Gasteiger partial charge in [0.15, 0.2) is 0 Å². The van der Waals surface area contributed by atoms with Gasteiger partial charge in [-0.3, -0.25) is 9.59 Å². The molecule has 19 heavy (non-hydrogen) atoms. The monoisotopic (exact) mass is 263 g/mol. The van der Waals surface area contributed by atoms with Gasteiger partial charge >= 0.3 is 0 Å². The Balaban J connectivity index is 2.15. The van der Waals surface area contributed by atoms with E-state index in [2.05, 4.69) is 20.8 Å². The number of rotatable bonds is 3. The van der Waals surface area contributed by atoms with E-state index in [9.17, 15) is 14.0 Å². The molecule has 1 aliphatic rings. The predicted molar refractivity (Wildman–Crippen MR) is 71.8 cm³/mol. The highest BCUT2D eigenvalue weighted by molar-refractivity contribution is 6.52. The van der Waals surface area contributed by atoms with Gasteiger partial charge in [0.1, 0.15) is 5.82 Å². The molecule has 0 saturated carbocycles. The minimum Gasteiger partial charge on any atom is -0.305 e. The minimum atomic E-state index is -0.606. The van der Waals surface area contributed by atoms with Crippen molar-refractivity contribution in [2.45, 2.75) is 33.6 Å². The van der Waals surface area contributed by atoms with Crippen LogP contribution >= 0.6 is 0 Å². The van der Waals surface area contributed by atoms with Crippen molar-refractivity contribution in [1.82, 2.24) is 0 Å². The lowest BCUT2D eigenvalue weighted by molar-refractivity contribution is -0.114. The normalized spacial score (nSPS) is 15.1. The van der Waals surface area contributed by atoms with E-state index in [1.54, 1.807) is 0 Å². The molecule has 0 N–H and O–H groups in total. The van der Waals surface area contributed by atoms with Gasteiger partial charge in [-0.2, -0.15) is 0 Å². The second-order valence-corrected chi connectivity index (χ2v) is 6.11. The first-order valence-electron chi connectivity index (χ1n) is 6.45. The highest BCUT2D eigenvalue weighted by atomic mass is 19.1. The maximum Gasteiger partial charge on any atom is 0.299 e.